The van der Waals surface area contributed by atoms with Crippen LogP contribution in [-0.2, 0) is 15.9 Å². The van der Waals surface area contributed by atoms with Crippen LogP contribution >= 0.6 is 0 Å². The standard InChI is InChI=1S/C19H37N5O3/c1-5-7-12-25-14-15-26-13-11-22-19(20-6-2)21-10-8-9-17-23-18(16(3)4)24-27-17/h16H,5-15H2,1-4H3,(H2,20,21,22). The van der Waals surface area contributed by atoms with Crippen LogP contribution < -0.4 is 10.6 Å². The Hall–Kier alpha value is -1.67. The van der Waals surface area contributed by atoms with Gasteiger partial charge in [-0.2, -0.15) is 4.98 Å². The molecule has 0 bridgehead atoms. The summed E-state index contributed by atoms with van der Waals surface area (Å²) in [5.74, 6) is 2.53. The third kappa shape index (κ3) is 11.6. The van der Waals surface area contributed by atoms with Gasteiger partial charge in [-0.25, -0.2) is 0 Å². The maximum atomic E-state index is 5.55. The zero-order chi connectivity index (χ0) is 19.7. The number of ether oxygens (including phenoxy) is 2. The van der Waals surface area contributed by atoms with Crippen LogP contribution in [0.5, 0.6) is 0 Å². The molecule has 0 unspecified atom stereocenters. The largest absolute Gasteiger partial charge is 0.379 e. The molecule has 8 nitrogen and oxygen atoms in total. The monoisotopic (exact) mass is 383 g/mol. The molecule has 0 aliphatic rings. The van der Waals surface area contributed by atoms with Crippen molar-refractivity contribution in [2.45, 2.75) is 59.3 Å². The third-order valence-corrected chi connectivity index (χ3v) is 3.72. The lowest BCUT2D eigenvalue weighted by atomic mass is 10.2. The highest BCUT2D eigenvalue weighted by atomic mass is 16.5. The van der Waals surface area contributed by atoms with Crippen LogP contribution in [-0.4, -0.2) is 62.2 Å². The molecule has 0 aliphatic heterocycles. The predicted molar refractivity (Wildman–Crippen MR) is 107 cm³/mol. The number of nitrogens with zero attached hydrogens (tertiary/aromatic N) is 3. The molecule has 0 fully saturated rings. The molecule has 27 heavy (non-hydrogen) atoms. The van der Waals surface area contributed by atoms with Gasteiger partial charge in [0.05, 0.1) is 19.8 Å². The van der Waals surface area contributed by atoms with E-state index in [2.05, 4.69) is 46.5 Å². The van der Waals surface area contributed by atoms with Crippen LogP contribution in [0.1, 0.15) is 64.6 Å². The summed E-state index contributed by atoms with van der Waals surface area (Å²) in [6, 6.07) is 0. The summed E-state index contributed by atoms with van der Waals surface area (Å²) in [5, 5.41) is 10.5. The van der Waals surface area contributed by atoms with E-state index in [0.717, 1.165) is 50.6 Å². The van der Waals surface area contributed by atoms with E-state index in [9.17, 15) is 0 Å². The summed E-state index contributed by atoms with van der Waals surface area (Å²) < 4.78 is 16.3. The molecule has 1 rings (SSSR count). The number of nitrogens with one attached hydrogen (secondary N) is 2. The summed E-state index contributed by atoms with van der Waals surface area (Å²) in [7, 11) is 0. The predicted octanol–water partition coefficient (Wildman–Crippen LogP) is 2.51. The fourth-order valence-corrected chi connectivity index (χ4v) is 2.18. The molecule has 1 heterocycles. The van der Waals surface area contributed by atoms with Crippen molar-refractivity contribution in [3.63, 3.8) is 0 Å². The van der Waals surface area contributed by atoms with E-state index in [1.54, 1.807) is 0 Å². The first-order chi connectivity index (χ1) is 13.2. The molecule has 0 saturated carbocycles. The zero-order valence-electron chi connectivity index (χ0n) is 17.4. The van der Waals surface area contributed by atoms with Crippen LogP contribution in [0.3, 0.4) is 0 Å². The van der Waals surface area contributed by atoms with Crippen molar-refractivity contribution in [1.29, 1.82) is 0 Å². The first-order valence-corrected chi connectivity index (χ1v) is 10.2. The van der Waals surface area contributed by atoms with Gasteiger partial charge in [0.25, 0.3) is 0 Å². The fourth-order valence-electron chi connectivity index (χ4n) is 2.18. The SMILES string of the molecule is CCCCOCCOCCNC(=NCCCc1nc(C(C)C)no1)NCC. The van der Waals surface area contributed by atoms with Crippen molar-refractivity contribution in [3.8, 4) is 0 Å². The van der Waals surface area contributed by atoms with Gasteiger partial charge in [-0.05, 0) is 19.8 Å². The van der Waals surface area contributed by atoms with Crippen molar-refractivity contribution in [2.75, 3.05) is 46.1 Å². The minimum atomic E-state index is 0.287. The van der Waals surface area contributed by atoms with E-state index in [1.807, 2.05) is 6.92 Å². The van der Waals surface area contributed by atoms with E-state index < -0.39 is 0 Å². The van der Waals surface area contributed by atoms with Gasteiger partial charge in [-0.15, -0.1) is 0 Å². The summed E-state index contributed by atoms with van der Waals surface area (Å²) in [4.78, 5) is 8.94. The lowest BCUT2D eigenvalue weighted by molar-refractivity contribution is 0.0487. The number of guanidine groups is 1. The molecular weight excluding hydrogens is 346 g/mol. The molecule has 1 aromatic rings. The normalized spacial score (nSPS) is 12.0. The fraction of sp³-hybridized carbons (Fsp3) is 0.842. The average molecular weight is 384 g/mol. The zero-order valence-corrected chi connectivity index (χ0v) is 17.4. The number of aryl methyl sites for hydroxylation is 1. The van der Waals surface area contributed by atoms with E-state index in [0.29, 0.717) is 38.8 Å². The molecule has 0 spiro atoms. The minimum Gasteiger partial charge on any atom is -0.379 e. The second kappa shape index (κ2) is 15.4. The number of hydrogen-bond acceptors (Lipinski definition) is 6. The molecule has 0 atom stereocenters. The van der Waals surface area contributed by atoms with E-state index >= 15 is 0 Å². The quantitative estimate of drug-likeness (QED) is 0.273. The Kier molecular flexibility index (Phi) is 13.3. The smallest absolute Gasteiger partial charge is 0.226 e. The van der Waals surface area contributed by atoms with Crippen LogP contribution in [0.2, 0.25) is 0 Å². The summed E-state index contributed by atoms with van der Waals surface area (Å²) >= 11 is 0. The molecule has 8 heteroatoms. The molecule has 1 aromatic heterocycles. The summed E-state index contributed by atoms with van der Waals surface area (Å²) in [6.07, 6.45) is 3.87. The van der Waals surface area contributed by atoms with E-state index in [4.69, 9.17) is 14.0 Å². The number of hydrogen-bond donors (Lipinski definition) is 2. The Labute approximate surface area is 163 Å². The third-order valence-electron chi connectivity index (χ3n) is 3.72. The number of aromatic nitrogens is 2. The molecule has 2 N–H and O–H groups in total. The van der Waals surface area contributed by atoms with Gasteiger partial charge in [-0.3, -0.25) is 4.99 Å². The number of unbranched alkanes of at least 4 members (excludes halogenated alkanes) is 1. The van der Waals surface area contributed by atoms with Gasteiger partial charge in [-0.1, -0.05) is 32.3 Å². The highest BCUT2D eigenvalue weighted by Gasteiger charge is 2.08. The Morgan fingerprint density at radius 1 is 1.07 bits per heavy atom. The Bertz CT molecular complexity index is 505. The number of aliphatic imine (C=N–C) groups is 1. The van der Waals surface area contributed by atoms with Crippen molar-refractivity contribution >= 4 is 5.96 Å². The average Bonchev–Trinajstić information content (AvgIpc) is 3.13. The van der Waals surface area contributed by atoms with E-state index in [1.165, 1.54) is 0 Å². The summed E-state index contributed by atoms with van der Waals surface area (Å²) in [6.45, 7) is 13.3. The van der Waals surface area contributed by atoms with Gasteiger partial charge in [0.15, 0.2) is 11.8 Å². The van der Waals surface area contributed by atoms with Gasteiger partial charge in [0.2, 0.25) is 5.89 Å². The van der Waals surface area contributed by atoms with Crippen LogP contribution in [0.15, 0.2) is 9.52 Å². The van der Waals surface area contributed by atoms with Crippen molar-refractivity contribution in [3.05, 3.63) is 11.7 Å². The van der Waals surface area contributed by atoms with Crippen molar-refractivity contribution < 1.29 is 14.0 Å². The van der Waals surface area contributed by atoms with Crippen LogP contribution in [0.25, 0.3) is 0 Å². The Morgan fingerprint density at radius 3 is 2.52 bits per heavy atom. The Balaban J connectivity index is 2.14. The van der Waals surface area contributed by atoms with Crippen LogP contribution in [0.4, 0.5) is 0 Å². The van der Waals surface area contributed by atoms with Gasteiger partial charge in [0.1, 0.15) is 0 Å². The molecule has 156 valence electrons. The molecule has 0 amide bonds. The van der Waals surface area contributed by atoms with Crippen molar-refractivity contribution in [1.82, 2.24) is 20.8 Å². The van der Waals surface area contributed by atoms with Crippen LogP contribution in [0, 0.1) is 0 Å². The maximum Gasteiger partial charge on any atom is 0.226 e. The Morgan fingerprint density at radius 2 is 1.85 bits per heavy atom. The summed E-state index contributed by atoms with van der Waals surface area (Å²) in [5.41, 5.74) is 0. The highest BCUT2D eigenvalue weighted by molar-refractivity contribution is 5.79. The topological polar surface area (TPSA) is 93.8 Å². The maximum absolute atomic E-state index is 5.55. The first-order valence-electron chi connectivity index (χ1n) is 10.2. The molecule has 0 saturated heterocycles. The second-order valence-corrected chi connectivity index (χ2v) is 6.57. The molecular formula is C19H37N5O3. The van der Waals surface area contributed by atoms with Crippen molar-refractivity contribution in [2.24, 2.45) is 4.99 Å². The van der Waals surface area contributed by atoms with Gasteiger partial charge >= 0.3 is 0 Å². The lowest BCUT2D eigenvalue weighted by Gasteiger charge is -2.11. The molecule has 0 aliphatic carbocycles. The number of rotatable bonds is 15. The van der Waals surface area contributed by atoms with Gasteiger partial charge < -0.3 is 24.6 Å². The van der Waals surface area contributed by atoms with Gasteiger partial charge in [0, 0.05) is 38.6 Å². The van der Waals surface area contributed by atoms with E-state index in [-0.39, 0.29) is 5.92 Å². The lowest BCUT2D eigenvalue weighted by Crippen LogP contribution is -2.39. The highest BCUT2D eigenvalue weighted by Crippen LogP contribution is 2.10. The second-order valence-electron chi connectivity index (χ2n) is 6.57. The molecule has 0 aromatic carbocycles. The molecule has 0 radical (unpaired) electrons. The first kappa shape index (κ1) is 23.4. The minimum absolute atomic E-state index is 0.287.